The maximum absolute atomic E-state index is 13.3. The van der Waals surface area contributed by atoms with Crippen LogP contribution in [0.5, 0.6) is 0 Å². The normalized spacial score (nSPS) is 15.1. The number of aliphatic hydroxyl groups is 1. The number of unbranched alkanes of at least 4 members (excludes halogenated alkanes) is 6. The molecule has 0 unspecified atom stereocenters. The molecule has 2 aliphatic rings. The Morgan fingerprint density at radius 3 is 2.07 bits per heavy atom. The predicted molar refractivity (Wildman–Crippen MR) is 161 cm³/mol. The van der Waals surface area contributed by atoms with Crippen molar-refractivity contribution < 1.29 is 57.7 Å². The number of carbonyl (C=O) groups is 1. The van der Waals surface area contributed by atoms with Crippen molar-refractivity contribution in [1.29, 1.82) is 0 Å². The summed E-state index contributed by atoms with van der Waals surface area (Å²) in [6.07, 6.45) is 4.86. The number of carboxylic acids is 1. The third-order valence-corrected chi connectivity index (χ3v) is 8.80. The maximum Gasteiger partial charge on any atom is 1.00 e. The summed E-state index contributed by atoms with van der Waals surface area (Å²) in [5.41, 5.74) is 1.01. The van der Waals surface area contributed by atoms with Crippen LogP contribution >= 0.6 is 11.8 Å². The Labute approximate surface area is 281 Å². The molecule has 2 aromatic carbocycles. The summed E-state index contributed by atoms with van der Waals surface area (Å²) in [6, 6.07) is 11.9. The smallest absolute Gasteiger partial charge is 0.550 e. The van der Waals surface area contributed by atoms with Crippen LogP contribution in [0.3, 0.4) is 0 Å². The molecule has 0 aliphatic carbocycles. The van der Waals surface area contributed by atoms with Gasteiger partial charge in [0.2, 0.25) is 0 Å². The number of halogens is 3. The van der Waals surface area contributed by atoms with Crippen molar-refractivity contribution in [2.75, 3.05) is 57.3 Å². The van der Waals surface area contributed by atoms with Crippen molar-refractivity contribution in [3.05, 3.63) is 48.0 Å². The number of aliphatic carboxylic acids is 1. The van der Waals surface area contributed by atoms with Crippen LogP contribution in [0.25, 0.3) is 0 Å². The zero-order chi connectivity index (χ0) is 30.4. The number of rotatable bonds is 14. The molecule has 0 amide bonds. The number of carbonyl (C=O) groups excluding carboxylic acids is 1. The first-order chi connectivity index (χ1) is 20.2. The molecule has 4 rings (SSSR count). The molecule has 1 saturated heterocycles. The monoisotopic (exact) mass is 631 g/mol. The topological polar surface area (TPSA) is 70.1 Å². The number of para-hydroxylation sites is 1. The van der Waals surface area contributed by atoms with E-state index >= 15 is 0 Å². The largest absolute Gasteiger partial charge is 1.00 e. The summed E-state index contributed by atoms with van der Waals surface area (Å²) in [4.78, 5) is 18.6. The minimum Gasteiger partial charge on any atom is -0.550 e. The van der Waals surface area contributed by atoms with Gasteiger partial charge in [0.1, 0.15) is 0 Å². The number of aliphatic hydroxyl groups excluding tert-OH is 1. The van der Waals surface area contributed by atoms with Gasteiger partial charge >= 0.3 is 35.7 Å². The number of hydrogen-bond acceptors (Lipinski definition) is 7. The molecule has 1 N–H and O–H groups in total. The minimum atomic E-state index is -4.35. The number of carboxylic acid groups (broad SMARTS) is 1. The number of β-amino-alcohol motifs (C(OH)–C–C–N with tert-alkyl or cyclic N) is 1. The van der Waals surface area contributed by atoms with Crippen molar-refractivity contribution in [1.82, 2.24) is 9.80 Å². The van der Waals surface area contributed by atoms with Crippen LogP contribution in [-0.4, -0.2) is 73.3 Å². The Morgan fingerprint density at radius 2 is 1.44 bits per heavy atom. The summed E-state index contributed by atoms with van der Waals surface area (Å²) in [7, 11) is 0. The average molecular weight is 632 g/mol. The molecule has 2 aromatic rings. The van der Waals surface area contributed by atoms with E-state index in [4.69, 9.17) is 5.11 Å². The van der Waals surface area contributed by atoms with Gasteiger partial charge in [0.05, 0.1) is 23.5 Å². The molecule has 1 fully saturated rings. The fourth-order valence-electron chi connectivity index (χ4n) is 5.30. The van der Waals surface area contributed by atoms with Gasteiger partial charge < -0.3 is 24.8 Å². The summed E-state index contributed by atoms with van der Waals surface area (Å²) in [6.45, 7) is 8.48. The van der Waals surface area contributed by atoms with E-state index < -0.39 is 17.7 Å². The van der Waals surface area contributed by atoms with E-state index in [2.05, 4.69) is 16.7 Å². The van der Waals surface area contributed by atoms with E-state index in [-0.39, 0.29) is 42.6 Å². The van der Waals surface area contributed by atoms with Crippen LogP contribution in [0.2, 0.25) is 0 Å². The molecule has 0 aromatic heterocycles. The summed E-state index contributed by atoms with van der Waals surface area (Å²) in [5, 5.41) is 19.1. The predicted octanol–water partition coefficient (Wildman–Crippen LogP) is 3.19. The molecule has 234 valence electrons. The van der Waals surface area contributed by atoms with Gasteiger partial charge in [-0.25, -0.2) is 0 Å². The quantitative estimate of drug-likeness (QED) is 0.254. The first-order valence-electron chi connectivity index (χ1n) is 15.2. The van der Waals surface area contributed by atoms with Crippen molar-refractivity contribution in [3.8, 4) is 0 Å². The second-order valence-electron chi connectivity index (χ2n) is 10.9. The van der Waals surface area contributed by atoms with Crippen LogP contribution < -0.4 is 39.6 Å². The first kappa shape index (κ1) is 37.9. The Morgan fingerprint density at radius 1 is 0.837 bits per heavy atom. The molecule has 0 radical (unpaired) electrons. The second kappa shape index (κ2) is 20.0. The van der Waals surface area contributed by atoms with E-state index in [0.717, 1.165) is 67.5 Å². The number of benzene rings is 2. The number of fused-ring (bicyclic) bond motifs is 2. The van der Waals surface area contributed by atoms with Crippen molar-refractivity contribution in [3.63, 3.8) is 0 Å². The van der Waals surface area contributed by atoms with Crippen molar-refractivity contribution >= 4 is 29.1 Å². The minimum absolute atomic E-state index is 0. The van der Waals surface area contributed by atoms with Gasteiger partial charge in [-0.05, 0) is 56.1 Å². The van der Waals surface area contributed by atoms with Gasteiger partial charge in [-0.15, -0.1) is 0 Å². The fraction of sp³-hybridized carbons (Fsp3) is 0.594. The van der Waals surface area contributed by atoms with Crippen LogP contribution in [0.1, 0.15) is 70.3 Å². The average Bonchev–Trinajstić information content (AvgIpc) is 2.97. The van der Waals surface area contributed by atoms with Gasteiger partial charge in [-0.3, -0.25) is 4.90 Å². The molecule has 0 bridgehead atoms. The first-order valence-corrected chi connectivity index (χ1v) is 16.1. The van der Waals surface area contributed by atoms with Crippen LogP contribution in [0.4, 0.5) is 24.5 Å². The van der Waals surface area contributed by atoms with Gasteiger partial charge in [0.25, 0.3) is 0 Å². The molecule has 0 atom stereocenters. The van der Waals surface area contributed by atoms with Gasteiger partial charge in [0.15, 0.2) is 0 Å². The van der Waals surface area contributed by atoms with Gasteiger partial charge in [0, 0.05) is 55.0 Å². The third-order valence-electron chi connectivity index (χ3n) is 7.67. The standard InChI is InChI=1S/C22H26F3N3OS.C10H20O2.Na/c23-22(24,25)17-6-7-21-19(16-17)28(18-4-1-2-5-20(18)30-21)9-3-8-26-10-12-27(13-11-26)14-15-29;1-2-3-4-5-6-7-8-9-10(11)12;/h1-2,4-7,16,29H,3,8-15H2;2-9H2,1H3,(H,11,12);/q;;+1/p-1. The number of nitrogens with zero attached hydrogens (tertiary/aromatic N) is 3. The summed E-state index contributed by atoms with van der Waals surface area (Å²) < 4.78 is 39.9. The van der Waals surface area contributed by atoms with Crippen LogP contribution in [-0.2, 0) is 11.0 Å². The molecule has 43 heavy (non-hydrogen) atoms. The number of alkyl halides is 3. The van der Waals surface area contributed by atoms with Crippen molar-refractivity contribution in [2.45, 2.75) is 80.7 Å². The summed E-state index contributed by atoms with van der Waals surface area (Å²) >= 11 is 1.53. The second-order valence-corrected chi connectivity index (χ2v) is 12.0. The van der Waals surface area contributed by atoms with Gasteiger partial charge in [-0.2, -0.15) is 13.2 Å². The molecule has 6 nitrogen and oxygen atoms in total. The molecule has 11 heteroatoms. The molecule has 0 saturated carbocycles. The van der Waals surface area contributed by atoms with Crippen LogP contribution in [0, 0.1) is 0 Å². The number of hydrogen-bond donors (Lipinski definition) is 1. The fourth-order valence-corrected chi connectivity index (χ4v) is 6.38. The SMILES string of the molecule is CCCCCCCCCC(=O)[O-].OCCN1CCN(CCCN2c3ccccc3Sc3ccc(C(F)(F)F)cc32)CC1.[Na+]. The third kappa shape index (κ3) is 12.9. The zero-order valence-corrected chi connectivity index (χ0v) is 28.5. The molecule has 2 aliphatic heterocycles. The van der Waals surface area contributed by atoms with Gasteiger partial charge in [-0.1, -0.05) is 69.3 Å². The van der Waals surface area contributed by atoms with Crippen molar-refractivity contribution in [2.24, 2.45) is 0 Å². The Kier molecular flexibility index (Phi) is 17.6. The van der Waals surface area contributed by atoms with E-state index in [1.807, 2.05) is 29.2 Å². The Balaban J connectivity index is 0.000000424. The summed E-state index contributed by atoms with van der Waals surface area (Å²) in [5.74, 6) is -0.913. The zero-order valence-electron chi connectivity index (χ0n) is 25.7. The van der Waals surface area contributed by atoms with E-state index in [9.17, 15) is 23.1 Å². The van der Waals surface area contributed by atoms with E-state index in [1.165, 1.54) is 56.0 Å². The molecule has 2 heterocycles. The number of piperazine rings is 1. The molecular weight excluding hydrogens is 586 g/mol. The van der Waals surface area contributed by atoms with E-state index in [0.29, 0.717) is 18.8 Å². The molecule has 0 spiro atoms. The molecular formula is C32H45F3N3NaO3S. The van der Waals surface area contributed by atoms with E-state index in [1.54, 1.807) is 6.07 Å². The van der Waals surface area contributed by atoms with Crippen LogP contribution in [0.15, 0.2) is 52.3 Å². The number of anilines is 2. The Hall–Kier alpha value is -1.27. The Bertz CT molecular complexity index is 1100. The maximum atomic E-state index is 13.3.